The van der Waals surface area contributed by atoms with Gasteiger partial charge in [-0.05, 0) is 43.3 Å². The molecule has 0 spiro atoms. The van der Waals surface area contributed by atoms with Gasteiger partial charge in [-0.25, -0.2) is 4.98 Å². The zero-order chi connectivity index (χ0) is 18.5. The van der Waals surface area contributed by atoms with Crippen molar-refractivity contribution in [2.75, 3.05) is 39.5 Å². The summed E-state index contributed by atoms with van der Waals surface area (Å²) in [6, 6.07) is 12.2. The fourth-order valence-corrected chi connectivity index (χ4v) is 4.05. The second-order valence-corrected chi connectivity index (χ2v) is 7.69. The molecule has 1 aromatic carbocycles. The van der Waals surface area contributed by atoms with Gasteiger partial charge in [-0.3, -0.25) is 9.88 Å². The third-order valence-electron chi connectivity index (χ3n) is 4.63. The van der Waals surface area contributed by atoms with Gasteiger partial charge in [0, 0.05) is 48.0 Å². The Kier molecular flexibility index (Phi) is 5.77. The second kappa shape index (κ2) is 8.61. The van der Waals surface area contributed by atoms with Crippen LogP contribution in [0, 0.1) is 6.92 Å². The summed E-state index contributed by atoms with van der Waals surface area (Å²) in [6.07, 6.45) is 3.60. The molecule has 1 saturated heterocycles. The minimum atomic E-state index is 0.696. The van der Waals surface area contributed by atoms with Gasteiger partial charge < -0.3 is 9.47 Å². The molecule has 0 aliphatic carbocycles. The van der Waals surface area contributed by atoms with E-state index in [-0.39, 0.29) is 0 Å². The highest BCUT2D eigenvalue weighted by Gasteiger charge is 2.12. The van der Waals surface area contributed by atoms with Crippen molar-refractivity contribution in [2.24, 2.45) is 0 Å². The Morgan fingerprint density at radius 3 is 2.52 bits per heavy atom. The molecule has 5 nitrogen and oxygen atoms in total. The molecule has 0 unspecified atom stereocenters. The first-order valence-electron chi connectivity index (χ1n) is 9.21. The third-order valence-corrected chi connectivity index (χ3v) is 5.65. The monoisotopic (exact) mass is 381 g/mol. The van der Waals surface area contributed by atoms with Crippen LogP contribution in [0.25, 0.3) is 21.8 Å². The maximum atomic E-state index is 5.90. The molecule has 3 heterocycles. The average Bonchev–Trinajstić information content (AvgIpc) is 3.12. The first-order chi connectivity index (χ1) is 13.3. The van der Waals surface area contributed by atoms with Crippen LogP contribution in [0.3, 0.4) is 0 Å². The topological polar surface area (TPSA) is 47.5 Å². The van der Waals surface area contributed by atoms with Crippen LogP contribution >= 0.6 is 11.3 Å². The predicted octanol–water partition coefficient (Wildman–Crippen LogP) is 3.89. The molecular formula is C21H23N3O2S. The molecule has 6 heteroatoms. The minimum Gasteiger partial charge on any atom is -0.492 e. The van der Waals surface area contributed by atoms with E-state index in [9.17, 15) is 0 Å². The molecule has 27 heavy (non-hydrogen) atoms. The SMILES string of the molecule is Cc1sc(-c2ccncc2)nc1-c1ccc(OCCN2CCOCC2)cc1. The lowest BCUT2D eigenvalue weighted by Crippen LogP contribution is -2.38. The van der Waals surface area contributed by atoms with Gasteiger partial charge in [-0.1, -0.05) is 0 Å². The summed E-state index contributed by atoms with van der Waals surface area (Å²) >= 11 is 1.71. The van der Waals surface area contributed by atoms with Gasteiger partial charge >= 0.3 is 0 Å². The summed E-state index contributed by atoms with van der Waals surface area (Å²) in [5.41, 5.74) is 3.25. The molecule has 3 aromatic rings. The molecule has 140 valence electrons. The van der Waals surface area contributed by atoms with Gasteiger partial charge in [-0.2, -0.15) is 0 Å². The summed E-state index contributed by atoms with van der Waals surface area (Å²) in [6.45, 7) is 7.38. The van der Waals surface area contributed by atoms with Crippen molar-refractivity contribution < 1.29 is 9.47 Å². The van der Waals surface area contributed by atoms with Gasteiger partial charge in [0.25, 0.3) is 0 Å². The van der Waals surface area contributed by atoms with Crippen LogP contribution in [0.2, 0.25) is 0 Å². The number of thiazole rings is 1. The van der Waals surface area contributed by atoms with Gasteiger partial charge in [0.15, 0.2) is 0 Å². The second-order valence-electron chi connectivity index (χ2n) is 6.49. The average molecular weight is 382 g/mol. The number of ether oxygens (including phenoxy) is 2. The number of aromatic nitrogens is 2. The van der Waals surface area contributed by atoms with Gasteiger partial charge in [-0.15, -0.1) is 11.3 Å². The van der Waals surface area contributed by atoms with E-state index >= 15 is 0 Å². The Balaban J connectivity index is 1.39. The number of nitrogens with zero attached hydrogens (tertiary/aromatic N) is 3. The fourth-order valence-electron chi connectivity index (χ4n) is 3.11. The van der Waals surface area contributed by atoms with Crippen molar-refractivity contribution in [3.8, 4) is 27.6 Å². The molecule has 0 N–H and O–H groups in total. The van der Waals surface area contributed by atoms with E-state index < -0.39 is 0 Å². The number of pyridine rings is 1. The van der Waals surface area contributed by atoms with Crippen molar-refractivity contribution in [1.29, 1.82) is 0 Å². The molecule has 4 rings (SSSR count). The summed E-state index contributed by atoms with van der Waals surface area (Å²) in [5, 5.41) is 1.02. The number of benzene rings is 1. The lowest BCUT2D eigenvalue weighted by molar-refractivity contribution is 0.0322. The van der Waals surface area contributed by atoms with Crippen LogP contribution < -0.4 is 4.74 Å². The van der Waals surface area contributed by atoms with E-state index in [0.717, 1.165) is 60.4 Å². The fraction of sp³-hybridized carbons (Fsp3) is 0.333. The quantitative estimate of drug-likeness (QED) is 0.648. The maximum Gasteiger partial charge on any atom is 0.124 e. The Labute approximate surface area is 163 Å². The third kappa shape index (κ3) is 4.53. The molecule has 1 fully saturated rings. The Hall–Kier alpha value is -2.28. The van der Waals surface area contributed by atoms with Gasteiger partial charge in [0.05, 0.1) is 18.9 Å². The summed E-state index contributed by atoms with van der Waals surface area (Å²) in [7, 11) is 0. The van der Waals surface area contributed by atoms with Crippen molar-refractivity contribution >= 4 is 11.3 Å². The Morgan fingerprint density at radius 1 is 1.04 bits per heavy atom. The van der Waals surface area contributed by atoms with Crippen LogP contribution in [-0.2, 0) is 4.74 Å². The summed E-state index contributed by atoms with van der Waals surface area (Å²) in [5.74, 6) is 0.897. The molecule has 0 saturated carbocycles. The molecule has 0 radical (unpaired) electrons. The zero-order valence-corrected chi connectivity index (χ0v) is 16.2. The number of aryl methyl sites for hydroxylation is 1. The summed E-state index contributed by atoms with van der Waals surface area (Å²) < 4.78 is 11.3. The molecular weight excluding hydrogens is 358 g/mol. The first kappa shape index (κ1) is 18.1. The number of hydrogen-bond donors (Lipinski definition) is 0. The first-order valence-corrected chi connectivity index (χ1v) is 10.0. The highest BCUT2D eigenvalue weighted by molar-refractivity contribution is 7.15. The predicted molar refractivity (Wildman–Crippen MR) is 108 cm³/mol. The van der Waals surface area contributed by atoms with Gasteiger partial charge in [0.1, 0.15) is 17.4 Å². The van der Waals surface area contributed by atoms with Crippen molar-refractivity contribution in [3.63, 3.8) is 0 Å². The molecule has 0 atom stereocenters. The van der Waals surface area contributed by atoms with Crippen LogP contribution in [0.1, 0.15) is 4.88 Å². The van der Waals surface area contributed by atoms with E-state index in [0.29, 0.717) is 6.61 Å². The van der Waals surface area contributed by atoms with Crippen LogP contribution in [0.5, 0.6) is 5.75 Å². The van der Waals surface area contributed by atoms with E-state index in [2.05, 4.69) is 28.9 Å². The Bertz CT molecular complexity index is 859. The molecule has 0 amide bonds. The van der Waals surface area contributed by atoms with E-state index in [1.54, 1.807) is 23.7 Å². The highest BCUT2D eigenvalue weighted by atomic mass is 32.1. The number of hydrogen-bond acceptors (Lipinski definition) is 6. The largest absolute Gasteiger partial charge is 0.492 e. The van der Waals surface area contributed by atoms with Crippen molar-refractivity contribution in [3.05, 3.63) is 53.7 Å². The maximum absolute atomic E-state index is 5.90. The van der Waals surface area contributed by atoms with Crippen LogP contribution in [0.15, 0.2) is 48.8 Å². The Morgan fingerprint density at radius 2 is 1.78 bits per heavy atom. The van der Waals surface area contributed by atoms with Gasteiger partial charge in [0.2, 0.25) is 0 Å². The number of rotatable bonds is 6. The van der Waals surface area contributed by atoms with Crippen molar-refractivity contribution in [1.82, 2.24) is 14.9 Å². The van der Waals surface area contributed by atoms with Crippen LogP contribution in [0.4, 0.5) is 0 Å². The normalized spacial score (nSPS) is 15.0. The smallest absolute Gasteiger partial charge is 0.124 e. The summed E-state index contributed by atoms with van der Waals surface area (Å²) in [4.78, 5) is 12.5. The van der Waals surface area contributed by atoms with E-state index in [1.165, 1.54) is 4.88 Å². The molecule has 1 aliphatic heterocycles. The highest BCUT2D eigenvalue weighted by Crippen LogP contribution is 2.33. The van der Waals surface area contributed by atoms with Crippen LogP contribution in [-0.4, -0.2) is 54.3 Å². The minimum absolute atomic E-state index is 0.696. The number of morpholine rings is 1. The van der Waals surface area contributed by atoms with E-state index in [4.69, 9.17) is 14.5 Å². The zero-order valence-electron chi connectivity index (χ0n) is 15.4. The standard InChI is InChI=1S/C21H23N3O2S/c1-16-20(23-21(27-16)18-6-8-22-9-7-18)17-2-4-19(5-3-17)26-15-12-24-10-13-25-14-11-24/h2-9H,10-15H2,1H3. The lowest BCUT2D eigenvalue weighted by atomic mass is 10.1. The lowest BCUT2D eigenvalue weighted by Gasteiger charge is -2.26. The molecule has 0 bridgehead atoms. The van der Waals surface area contributed by atoms with E-state index in [1.807, 2.05) is 24.3 Å². The molecule has 1 aliphatic rings. The van der Waals surface area contributed by atoms with Crippen molar-refractivity contribution in [2.45, 2.75) is 6.92 Å². The molecule has 2 aromatic heterocycles.